The number of rotatable bonds is 35. The van der Waals surface area contributed by atoms with Gasteiger partial charge in [0.2, 0.25) is 0 Å². The van der Waals surface area contributed by atoms with Crippen LogP contribution >= 0.6 is 28.3 Å². The Bertz CT molecular complexity index is 5640. The summed E-state index contributed by atoms with van der Waals surface area (Å²) in [6.07, 6.45) is 38.0. The summed E-state index contributed by atoms with van der Waals surface area (Å²) in [6, 6.07) is 20.6. The molecule has 8 N–H and O–H groups in total. The zero-order valence-electron chi connectivity index (χ0n) is 93.9. The van der Waals surface area contributed by atoms with Gasteiger partial charge >= 0.3 is 47.1 Å². The Balaban J connectivity index is 0.000000268. The van der Waals surface area contributed by atoms with Crippen molar-refractivity contribution in [2.75, 3.05) is 32.7 Å². The third kappa shape index (κ3) is 26.6. The molecule has 10 aromatic rings. The molecule has 10 aromatic heterocycles. The van der Waals surface area contributed by atoms with Crippen molar-refractivity contribution in [2.24, 2.45) is 0 Å². The molecule has 0 spiro atoms. The van der Waals surface area contributed by atoms with Crippen LogP contribution < -0.4 is 24.2 Å². The van der Waals surface area contributed by atoms with E-state index < -0.39 is 75.6 Å². The molecule has 0 aliphatic carbocycles. The summed E-state index contributed by atoms with van der Waals surface area (Å²) in [5, 5.41) is 60.8. The molecule has 5 saturated heterocycles. The first kappa shape index (κ1) is 128. The van der Waals surface area contributed by atoms with E-state index in [1.54, 1.807) is 39.1 Å². The second kappa shape index (κ2) is 55.5. The predicted octanol–water partition coefficient (Wildman–Crippen LogP) is 23.4. The Hall–Kier alpha value is -5.99. The van der Waals surface area contributed by atoms with Gasteiger partial charge in [-0.2, -0.15) is 20.8 Å². The molecule has 0 radical (unpaired) electrons. The fourth-order valence-electron chi connectivity index (χ4n) is 27.7. The standard InChI is InChI=1S/C25H44BN3O2Si.C25H42BN3O2Si.C16H22BN3O2.C16H25BrN2Si.C15H19N3O.C9H18BNO2.C4H9.CH4.ClH.Li/c2*1-9-12-25(13-10-14-29(25)26(8)31)23(30)22-16-21-11-15-28(24(21)27-17-22)32(18(2)3,19(4)5)20(6)7;1-3-6-16(7-4-9-20(16)17(2)22)14(21)13-10-12-5-8-18-15(12)19-11-13;1-11(2)20(12(3)4,13(5)6)19-8-7-14-9-15(17)10-18-16(14)19;1-2-5-15(6-3-7-18-15)13(19)12-9-11-4-8-16-14(11)17-10-12;1-3-5-9(8-12)6-4-7-11(9)10(2)13;1-4(2)3;;;/h11,15-20,23,30-31H,9-10,12-14H2,1-8H3;11,15-20,31H,9-10,12-14H2,1-8H3;5,8,10-11,22H,3-4,6-7,9H2,1-2H3,(H,18,19);7-13H,1-6H3;4,8-10,18H,2-3,5-7H2,1H3,(H,16,17);8,13H,3-7H2,1-2H3;1-3H3;1H4;1H;/q;;;;;;-1;;;+1. The fraction of sp³-hybridized carbons (Fsp3) is 0.640. The van der Waals surface area contributed by atoms with Crippen LogP contribution in [0, 0.1) is 5.92 Å². The molecule has 5 aliphatic rings. The fourth-order valence-corrected chi connectivity index (χ4v) is 47.7. The summed E-state index contributed by atoms with van der Waals surface area (Å²) in [5.41, 5.74) is 10.9. The second-order valence-corrected chi connectivity index (χ2v) is 63.2. The second-order valence-electron chi connectivity index (χ2n) is 45.1. The number of carbonyl (C=O) groups excluding carboxylic acids is 4. The molecular formula is C111H184B4BrClLiN15O9Si3. The van der Waals surface area contributed by atoms with E-state index in [-0.39, 0.29) is 67.1 Å². The Morgan fingerprint density at radius 2 is 0.772 bits per heavy atom. The van der Waals surface area contributed by atoms with Gasteiger partial charge in [-0.15, -0.1) is 12.4 Å². The van der Waals surface area contributed by atoms with Crippen LogP contribution in [-0.4, -0.2) is 229 Å². The van der Waals surface area contributed by atoms with Crippen molar-refractivity contribution < 1.29 is 63.2 Å². The van der Waals surface area contributed by atoms with Crippen LogP contribution in [0.2, 0.25) is 77.2 Å². The number of halogens is 2. The third-order valence-corrected chi connectivity index (χ3v) is 53.4. The number of H-pyrrole nitrogens is 2. The number of aliphatic hydroxyl groups excluding tert-OH is 1. The molecule has 796 valence electrons. The maximum Gasteiger partial charge on any atom is 1.00 e. The van der Waals surface area contributed by atoms with E-state index in [1.165, 1.54) is 11.3 Å². The Kier molecular flexibility index (Phi) is 48.9. The van der Waals surface area contributed by atoms with Gasteiger partial charge in [0.1, 0.15) is 34.5 Å². The van der Waals surface area contributed by atoms with Crippen LogP contribution in [0.15, 0.2) is 127 Å². The Labute approximate surface area is 903 Å². The number of ketones is 3. The van der Waals surface area contributed by atoms with Crippen molar-refractivity contribution in [3.63, 3.8) is 0 Å². The van der Waals surface area contributed by atoms with Crippen molar-refractivity contribution in [1.29, 1.82) is 0 Å². The van der Waals surface area contributed by atoms with Crippen LogP contribution in [0.5, 0.6) is 0 Å². The van der Waals surface area contributed by atoms with Gasteiger partial charge in [-0.25, -0.2) is 24.9 Å². The number of aromatic nitrogens is 10. The zero-order chi connectivity index (χ0) is 105. The minimum absolute atomic E-state index is 0. The summed E-state index contributed by atoms with van der Waals surface area (Å²) < 4.78 is 8.62. The average Bonchev–Trinajstić information content (AvgIpc) is 1.56. The summed E-state index contributed by atoms with van der Waals surface area (Å²) >= 11 is 3.52. The van der Waals surface area contributed by atoms with E-state index in [2.05, 4.69) is 288 Å². The van der Waals surface area contributed by atoms with E-state index in [0.29, 0.717) is 61.0 Å². The number of aliphatic hydroxyl groups is 1. The Morgan fingerprint density at radius 3 is 1.14 bits per heavy atom. The van der Waals surface area contributed by atoms with Crippen molar-refractivity contribution in [3.05, 3.63) is 155 Å². The first-order valence-corrected chi connectivity index (χ1v) is 61.5. The molecule has 0 aromatic carbocycles. The van der Waals surface area contributed by atoms with E-state index in [9.17, 15) is 44.4 Å². The molecule has 0 amide bonds. The number of pyridine rings is 5. The number of nitrogens with one attached hydrogen (secondary N) is 3. The van der Waals surface area contributed by atoms with Gasteiger partial charge in [0.05, 0.1) is 28.3 Å². The molecule has 34 heteroatoms. The number of carbonyl (C=O) groups is 4. The van der Waals surface area contributed by atoms with Crippen LogP contribution in [0.4, 0.5) is 0 Å². The zero-order valence-corrected chi connectivity index (χ0v) is 99.3. The van der Waals surface area contributed by atoms with Gasteiger partial charge in [0.25, 0.3) is 0 Å². The average molecular weight is 2120 g/mol. The number of Topliss-reactive ketones (excluding diaryl/α,β-unsaturated/α-hetero) is 3. The minimum Gasteiger partial charge on any atom is -0.437 e. The SMILES string of the molecule is C.CC(C)[Si](C(C)C)(C(C)C)n1ccc2cc(Br)cnc21.CCCC1(C(=O)c2cnc3[nH]ccc3c2)CCCN1.CCCC1(C(=O)c2cnc3[nH]ccc3c2)CCCN1B(C)O.CCCC1(C(=O)c2cnc3c(ccn3[Si](C(C)C)(C(C)C)C(C)C)c2)CCCN1B(C)O.CCCC1(C(O)c2cnc3c(ccn3[Si](C(C)C)(C(C)C)C(C)C)c2)CCCN1B(C)O.CCCC1(C=O)CCCN1B(C)O.C[C-](C)C.Cl.[Li+]. The molecule has 5 fully saturated rings. The van der Waals surface area contributed by atoms with E-state index in [1.807, 2.05) is 76.4 Å². The number of aldehydes is 1. The summed E-state index contributed by atoms with van der Waals surface area (Å²) in [7, 11) is -7.79. The third-order valence-electron chi connectivity index (χ3n) is 32.7. The van der Waals surface area contributed by atoms with Gasteiger partial charge in [0, 0.05) is 103 Å². The van der Waals surface area contributed by atoms with E-state index in [0.717, 1.165) is 233 Å². The van der Waals surface area contributed by atoms with E-state index in [4.69, 9.17) is 15.0 Å². The molecule has 6 unspecified atom stereocenters. The molecule has 0 saturated carbocycles. The number of hydrogen-bond donors (Lipinski definition) is 8. The quantitative estimate of drug-likeness (QED) is 0.00792. The number of hydrogen-bond acceptors (Lipinski definition) is 19. The van der Waals surface area contributed by atoms with Crippen molar-refractivity contribution in [1.82, 2.24) is 72.1 Å². The van der Waals surface area contributed by atoms with Crippen molar-refractivity contribution in [3.8, 4) is 0 Å². The van der Waals surface area contributed by atoms with Crippen LogP contribution in [0.25, 0.3) is 55.2 Å². The monoisotopic (exact) mass is 2120 g/mol. The number of aromatic amines is 2. The first-order valence-electron chi connectivity index (χ1n) is 54.2. The predicted molar refractivity (Wildman–Crippen MR) is 621 cm³/mol. The van der Waals surface area contributed by atoms with Gasteiger partial charge in [-0.05, 0) is 301 Å². The molecule has 5 aliphatic heterocycles. The van der Waals surface area contributed by atoms with Gasteiger partial charge in [-0.3, -0.25) is 14.4 Å². The number of fused-ring (bicyclic) bond motifs is 5. The largest absolute Gasteiger partial charge is 1.00 e. The van der Waals surface area contributed by atoms with Crippen LogP contribution in [-0.2, 0) is 4.79 Å². The molecule has 15 rings (SSSR count). The summed E-state index contributed by atoms with van der Waals surface area (Å²) in [4.78, 5) is 88.3. The minimum atomic E-state index is -1.91. The number of nitrogens with zero attached hydrogens (tertiary/aromatic N) is 12. The molecule has 15 heterocycles. The van der Waals surface area contributed by atoms with Crippen molar-refractivity contribution >= 4 is 160 Å². The maximum absolute atomic E-state index is 13.9. The van der Waals surface area contributed by atoms with Gasteiger partial charge < -0.3 is 83.1 Å². The topological polar surface area (TPSA) is 305 Å². The Morgan fingerprint density at radius 1 is 0.434 bits per heavy atom. The first-order chi connectivity index (χ1) is 67.1. The maximum atomic E-state index is 13.9. The van der Waals surface area contributed by atoms with Crippen LogP contribution in [0.1, 0.15) is 359 Å². The van der Waals surface area contributed by atoms with Gasteiger partial charge in [0.15, 0.2) is 42.1 Å². The molecule has 0 bridgehead atoms. The summed E-state index contributed by atoms with van der Waals surface area (Å²) in [6.45, 7) is 70.7. The van der Waals surface area contributed by atoms with E-state index >= 15 is 0 Å². The molecule has 24 nitrogen and oxygen atoms in total. The normalized spacial score (nSPS) is 20.3. The smallest absolute Gasteiger partial charge is 0.437 e. The molecule has 6 atom stereocenters. The van der Waals surface area contributed by atoms with Gasteiger partial charge in [-0.1, -0.05) is 199 Å². The molecular weight excluding hydrogens is 1940 g/mol. The molecule has 145 heavy (non-hydrogen) atoms. The van der Waals surface area contributed by atoms with Crippen LogP contribution in [0.3, 0.4) is 0 Å². The summed E-state index contributed by atoms with van der Waals surface area (Å²) in [5.74, 6) is 1.81. The van der Waals surface area contributed by atoms with Crippen molar-refractivity contribution in [2.45, 2.75) is 427 Å².